The van der Waals surface area contributed by atoms with E-state index in [0.29, 0.717) is 5.41 Å². The molecule has 2 aliphatic rings. The smallest absolute Gasteiger partial charge is 0.0110 e. The fraction of sp³-hybridized carbons (Fsp3) is 1.00. The Bertz CT molecular complexity index is 240. The highest BCUT2D eigenvalue weighted by molar-refractivity contribution is 4.89. The Hall–Kier alpha value is -0.120. The highest BCUT2D eigenvalue weighted by Crippen LogP contribution is 2.36. The van der Waals surface area contributed by atoms with Crippen LogP contribution in [0.5, 0.6) is 0 Å². The van der Waals surface area contributed by atoms with Gasteiger partial charge in [0.2, 0.25) is 0 Å². The van der Waals surface area contributed by atoms with Gasteiger partial charge in [-0.05, 0) is 31.3 Å². The fourth-order valence-corrected chi connectivity index (χ4v) is 3.82. The molecule has 1 aliphatic carbocycles. The van der Waals surface area contributed by atoms with Crippen molar-refractivity contribution in [3.8, 4) is 0 Å². The molecule has 3 nitrogen and oxygen atoms in total. The summed E-state index contributed by atoms with van der Waals surface area (Å²) in [6, 6.07) is 0. The van der Waals surface area contributed by atoms with E-state index >= 15 is 0 Å². The van der Waals surface area contributed by atoms with Gasteiger partial charge in [0.05, 0.1) is 0 Å². The number of piperazine rings is 1. The zero-order valence-electron chi connectivity index (χ0n) is 13.1. The van der Waals surface area contributed by atoms with Crippen molar-refractivity contribution in [2.45, 2.75) is 46.0 Å². The predicted molar refractivity (Wildman–Crippen MR) is 82.6 cm³/mol. The molecule has 1 N–H and O–H groups in total. The summed E-state index contributed by atoms with van der Waals surface area (Å²) in [7, 11) is 0. The van der Waals surface area contributed by atoms with Crippen LogP contribution in [0.1, 0.15) is 46.0 Å². The number of nitrogens with zero attached hydrogens (tertiary/aromatic N) is 2. The first-order valence-electron chi connectivity index (χ1n) is 8.43. The Labute approximate surface area is 119 Å². The Morgan fingerprint density at radius 2 is 1.53 bits per heavy atom. The summed E-state index contributed by atoms with van der Waals surface area (Å²) in [6.45, 7) is 14.5. The summed E-state index contributed by atoms with van der Waals surface area (Å²) < 4.78 is 0. The molecule has 19 heavy (non-hydrogen) atoms. The lowest BCUT2D eigenvalue weighted by Gasteiger charge is -2.44. The maximum Gasteiger partial charge on any atom is 0.0110 e. The van der Waals surface area contributed by atoms with E-state index in [1.165, 1.54) is 77.9 Å². The second-order valence-corrected chi connectivity index (χ2v) is 6.55. The Kier molecular flexibility index (Phi) is 6.11. The number of hydrogen-bond donors (Lipinski definition) is 1. The second-order valence-electron chi connectivity index (χ2n) is 6.55. The SMILES string of the molecule is CCNCC1(CN2CCN(CC)CC2)CCCCC1. The van der Waals surface area contributed by atoms with Gasteiger partial charge < -0.3 is 15.1 Å². The Morgan fingerprint density at radius 1 is 0.895 bits per heavy atom. The molecule has 0 spiro atoms. The molecule has 1 heterocycles. The van der Waals surface area contributed by atoms with Crippen molar-refractivity contribution in [1.82, 2.24) is 15.1 Å². The summed E-state index contributed by atoms with van der Waals surface area (Å²) in [6.07, 6.45) is 7.22. The van der Waals surface area contributed by atoms with Crippen LogP contribution >= 0.6 is 0 Å². The first-order chi connectivity index (χ1) is 9.28. The lowest BCUT2D eigenvalue weighted by Crippen LogP contribution is -2.52. The summed E-state index contributed by atoms with van der Waals surface area (Å²) in [5.74, 6) is 0. The van der Waals surface area contributed by atoms with E-state index in [0.717, 1.165) is 6.54 Å². The second kappa shape index (κ2) is 7.61. The number of nitrogens with one attached hydrogen (secondary N) is 1. The van der Waals surface area contributed by atoms with E-state index in [1.54, 1.807) is 0 Å². The minimum absolute atomic E-state index is 0.572. The fourth-order valence-electron chi connectivity index (χ4n) is 3.82. The molecule has 0 aromatic carbocycles. The molecule has 1 saturated carbocycles. The van der Waals surface area contributed by atoms with Crippen LogP contribution < -0.4 is 5.32 Å². The molecule has 0 amide bonds. The summed E-state index contributed by atoms with van der Waals surface area (Å²) in [5, 5.41) is 3.63. The predicted octanol–water partition coefficient (Wildman–Crippen LogP) is 2.18. The monoisotopic (exact) mass is 267 g/mol. The van der Waals surface area contributed by atoms with Gasteiger partial charge in [-0.3, -0.25) is 0 Å². The van der Waals surface area contributed by atoms with Crippen molar-refractivity contribution in [3.63, 3.8) is 0 Å². The Morgan fingerprint density at radius 3 is 2.11 bits per heavy atom. The van der Waals surface area contributed by atoms with Crippen LogP contribution in [0.15, 0.2) is 0 Å². The molecule has 0 unspecified atom stereocenters. The third kappa shape index (κ3) is 4.44. The number of hydrogen-bond acceptors (Lipinski definition) is 3. The van der Waals surface area contributed by atoms with E-state index in [2.05, 4.69) is 29.0 Å². The average molecular weight is 267 g/mol. The normalized spacial score (nSPS) is 25.6. The number of rotatable bonds is 6. The maximum absolute atomic E-state index is 3.63. The van der Waals surface area contributed by atoms with Gasteiger partial charge in [0.1, 0.15) is 0 Å². The number of likely N-dealkylation sites (N-methyl/N-ethyl adjacent to an activating group) is 1. The van der Waals surface area contributed by atoms with Crippen LogP contribution in [-0.4, -0.2) is 62.2 Å². The zero-order valence-corrected chi connectivity index (χ0v) is 13.1. The maximum atomic E-state index is 3.63. The average Bonchev–Trinajstić information content (AvgIpc) is 2.47. The topological polar surface area (TPSA) is 18.5 Å². The van der Waals surface area contributed by atoms with Gasteiger partial charge in [0.15, 0.2) is 0 Å². The van der Waals surface area contributed by atoms with E-state index in [9.17, 15) is 0 Å². The van der Waals surface area contributed by atoms with Crippen LogP contribution in [0, 0.1) is 5.41 Å². The third-order valence-corrected chi connectivity index (χ3v) is 5.14. The summed E-state index contributed by atoms with van der Waals surface area (Å²) in [4.78, 5) is 5.31. The minimum Gasteiger partial charge on any atom is -0.316 e. The third-order valence-electron chi connectivity index (χ3n) is 5.14. The van der Waals surface area contributed by atoms with E-state index in [-0.39, 0.29) is 0 Å². The van der Waals surface area contributed by atoms with Gasteiger partial charge in [-0.2, -0.15) is 0 Å². The molecule has 1 saturated heterocycles. The lowest BCUT2D eigenvalue weighted by molar-refractivity contribution is 0.0639. The minimum atomic E-state index is 0.572. The van der Waals surface area contributed by atoms with Crippen LogP contribution in [0.25, 0.3) is 0 Å². The van der Waals surface area contributed by atoms with Gasteiger partial charge in [0.25, 0.3) is 0 Å². The van der Waals surface area contributed by atoms with Gasteiger partial charge in [-0.1, -0.05) is 33.1 Å². The zero-order chi connectivity index (χ0) is 13.6. The molecule has 0 bridgehead atoms. The molecule has 1 aliphatic heterocycles. The van der Waals surface area contributed by atoms with Crippen molar-refractivity contribution in [2.75, 3.05) is 52.4 Å². The van der Waals surface area contributed by atoms with Crippen molar-refractivity contribution in [1.29, 1.82) is 0 Å². The molecule has 0 atom stereocenters. The molecular formula is C16H33N3. The highest BCUT2D eigenvalue weighted by atomic mass is 15.3. The first-order valence-corrected chi connectivity index (χ1v) is 8.43. The van der Waals surface area contributed by atoms with E-state index < -0.39 is 0 Å². The molecule has 112 valence electrons. The quantitative estimate of drug-likeness (QED) is 0.796. The molecule has 0 aromatic heterocycles. The van der Waals surface area contributed by atoms with Crippen LogP contribution in [0.4, 0.5) is 0 Å². The van der Waals surface area contributed by atoms with E-state index in [1.807, 2.05) is 0 Å². The van der Waals surface area contributed by atoms with Crippen molar-refractivity contribution >= 4 is 0 Å². The van der Waals surface area contributed by atoms with Gasteiger partial charge in [-0.15, -0.1) is 0 Å². The lowest BCUT2D eigenvalue weighted by atomic mass is 9.73. The van der Waals surface area contributed by atoms with Crippen molar-refractivity contribution < 1.29 is 0 Å². The first kappa shape index (κ1) is 15.3. The molecule has 0 aromatic rings. The summed E-state index contributed by atoms with van der Waals surface area (Å²) in [5.41, 5.74) is 0.572. The Balaban J connectivity index is 1.85. The van der Waals surface area contributed by atoms with Crippen molar-refractivity contribution in [2.24, 2.45) is 5.41 Å². The van der Waals surface area contributed by atoms with Gasteiger partial charge in [-0.25, -0.2) is 0 Å². The standard InChI is InChI=1S/C16H33N3/c1-3-17-14-16(8-6-5-7-9-16)15-19-12-10-18(4-2)11-13-19/h17H,3-15H2,1-2H3. The largest absolute Gasteiger partial charge is 0.316 e. The van der Waals surface area contributed by atoms with Gasteiger partial charge >= 0.3 is 0 Å². The molecule has 2 fully saturated rings. The highest BCUT2D eigenvalue weighted by Gasteiger charge is 2.34. The summed E-state index contributed by atoms with van der Waals surface area (Å²) >= 11 is 0. The molecule has 0 radical (unpaired) electrons. The molecular weight excluding hydrogens is 234 g/mol. The van der Waals surface area contributed by atoms with Crippen LogP contribution in [0.3, 0.4) is 0 Å². The van der Waals surface area contributed by atoms with E-state index in [4.69, 9.17) is 0 Å². The molecule has 3 heteroatoms. The van der Waals surface area contributed by atoms with Crippen molar-refractivity contribution in [3.05, 3.63) is 0 Å². The molecule has 2 rings (SSSR count). The van der Waals surface area contributed by atoms with Crippen LogP contribution in [-0.2, 0) is 0 Å². The van der Waals surface area contributed by atoms with Gasteiger partial charge in [0, 0.05) is 39.3 Å². The van der Waals surface area contributed by atoms with Crippen LogP contribution in [0.2, 0.25) is 0 Å².